The highest BCUT2D eigenvalue weighted by Crippen LogP contribution is 2.27. The Labute approximate surface area is 115 Å². The lowest BCUT2D eigenvalue weighted by Gasteiger charge is -2.19. The number of sulfonamides is 1. The Balaban J connectivity index is 3.34. The minimum atomic E-state index is -4.14. The van der Waals surface area contributed by atoms with Crippen LogP contribution in [0.5, 0.6) is 0 Å². The number of nitro benzene ring substituents is 1. The van der Waals surface area contributed by atoms with Gasteiger partial charge in [0.25, 0.3) is 5.69 Å². The molecule has 0 aliphatic carbocycles. The molecule has 0 amide bonds. The van der Waals surface area contributed by atoms with Gasteiger partial charge < -0.3 is 0 Å². The molecule has 0 aliphatic rings. The van der Waals surface area contributed by atoms with Crippen molar-refractivity contribution >= 4 is 15.7 Å². The van der Waals surface area contributed by atoms with E-state index in [9.17, 15) is 22.9 Å². The van der Waals surface area contributed by atoms with E-state index in [1.807, 2.05) is 0 Å². The molecule has 0 heterocycles. The van der Waals surface area contributed by atoms with Crippen LogP contribution in [0.4, 0.5) is 10.1 Å². The minimum Gasteiger partial charge on any atom is -0.258 e. The quantitative estimate of drug-likeness (QED) is 0.587. The van der Waals surface area contributed by atoms with Crippen molar-refractivity contribution in [1.82, 2.24) is 4.31 Å². The Morgan fingerprint density at radius 2 is 2.15 bits per heavy atom. The number of rotatable bonds is 6. The number of hydrogen-bond donors (Lipinski definition) is 0. The first kappa shape index (κ1) is 16.0. The fourth-order valence-electron chi connectivity index (χ4n) is 1.61. The Morgan fingerprint density at radius 3 is 2.65 bits per heavy atom. The van der Waals surface area contributed by atoms with Gasteiger partial charge in [0.1, 0.15) is 5.82 Å². The molecule has 0 radical (unpaired) electrons. The second-order valence-electron chi connectivity index (χ2n) is 3.77. The van der Waals surface area contributed by atoms with Gasteiger partial charge in [0.15, 0.2) is 4.90 Å². The first-order valence-corrected chi connectivity index (χ1v) is 7.09. The van der Waals surface area contributed by atoms with Crippen LogP contribution in [0.15, 0.2) is 23.1 Å². The van der Waals surface area contributed by atoms with E-state index in [0.29, 0.717) is 6.07 Å². The summed E-state index contributed by atoms with van der Waals surface area (Å²) in [4.78, 5) is 9.32. The van der Waals surface area contributed by atoms with Crippen molar-refractivity contribution in [2.24, 2.45) is 0 Å². The fourth-order valence-corrected chi connectivity index (χ4v) is 3.20. The number of nitrogens with zero attached hydrogens (tertiary/aromatic N) is 3. The van der Waals surface area contributed by atoms with Gasteiger partial charge in [0.05, 0.1) is 17.1 Å². The molecular weight excluding hydrogens is 289 g/mol. The zero-order chi connectivity index (χ0) is 15.3. The van der Waals surface area contributed by atoms with Crippen molar-refractivity contribution in [1.29, 1.82) is 5.26 Å². The minimum absolute atomic E-state index is 0.0396. The van der Waals surface area contributed by atoms with E-state index in [0.717, 1.165) is 16.4 Å². The lowest BCUT2D eigenvalue weighted by atomic mass is 10.3. The molecule has 0 fully saturated rings. The molecule has 0 aliphatic heterocycles. The Morgan fingerprint density at radius 1 is 1.50 bits per heavy atom. The van der Waals surface area contributed by atoms with E-state index >= 15 is 0 Å². The molecule has 0 atom stereocenters. The molecular formula is C11H12FN3O4S. The Hall–Kier alpha value is -2.05. The van der Waals surface area contributed by atoms with Gasteiger partial charge in [-0.2, -0.15) is 9.57 Å². The van der Waals surface area contributed by atoms with Gasteiger partial charge in [0.2, 0.25) is 10.0 Å². The van der Waals surface area contributed by atoms with E-state index in [1.54, 1.807) is 13.0 Å². The van der Waals surface area contributed by atoms with Gasteiger partial charge in [-0.15, -0.1) is 0 Å². The number of nitriles is 1. The third-order valence-corrected chi connectivity index (χ3v) is 4.58. The molecule has 20 heavy (non-hydrogen) atoms. The fraction of sp³-hybridized carbons (Fsp3) is 0.364. The molecule has 7 nitrogen and oxygen atoms in total. The average Bonchev–Trinajstić information content (AvgIpc) is 2.38. The van der Waals surface area contributed by atoms with Crippen LogP contribution >= 0.6 is 0 Å². The van der Waals surface area contributed by atoms with Crippen LogP contribution in [-0.4, -0.2) is 30.7 Å². The Kier molecular flexibility index (Phi) is 5.12. The number of benzene rings is 1. The maximum absolute atomic E-state index is 13.0. The second kappa shape index (κ2) is 6.40. The first-order valence-electron chi connectivity index (χ1n) is 5.65. The van der Waals surface area contributed by atoms with Crippen molar-refractivity contribution < 1.29 is 17.7 Å². The molecule has 0 bridgehead atoms. The largest absolute Gasteiger partial charge is 0.292 e. The lowest BCUT2D eigenvalue weighted by molar-refractivity contribution is -0.388. The predicted molar refractivity (Wildman–Crippen MR) is 67.7 cm³/mol. The van der Waals surface area contributed by atoms with Crippen molar-refractivity contribution in [3.05, 3.63) is 34.1 Å². The van der Waals surface area contributed by atoms with E-state index in [4.69, 9.17) is 5.26 Å². The summed E-state index contributed by atoms with van der Waals surface area (Å²) in [5, 5.41) is 19.3. The highest BCUT2D eigenvalue weighted by Gasteiger charge is 2.30. The second-order valence-corrected chi connectivity index (χ2v) is 5.68. The van der Waals surface area contributed by atoms with Gasteiger partial charge in [-0.25, -0.2) is 12.8 Å². The summed E-state index contributed by atoms with van der Waals surface area (Å²) in [6.45, 7) is 1.52. The number of halogens is 1. The first-order chi connectivity index (χ1) is 9.34. The molecule has 9 heteroatoms. The summed E-state index contributed by atoms with van der Waals surface area (Å²) in [7, 11) is -4.14. The van der Waals surface area contributed by atoms with Crippen LogP contribution in [0, 0.1) is 27.3 Å². The number of hydrogen-bond acceptors (Lipinski definition) is 5. The molecule has 0 saturated heterocycles. The van der Waals surface area contributed by atoms with Gasteiger partial charge in [0, 0.05) is 19.5 Å². The van der Waals surface area contributed by atoms with Crippen LogP contribution in [0.1, 0.15) is 13.3 Å². The van der Waals surface area contributed by atoms with Crippen LogP contribution in [0.25, 0.3) is 0 Å². The molecule has 0 aromatic heterocycles. The van der Waals surface area contributed by atoms with Gasteiger partial charge in [-0.1, -0.05) is 6.92 Å². The standard InChI is InChI=1S/C11H12FN3O4S/c1-2-14(7-3-6-13)20(18,19)11-5-4-9(12)8-10(11)15(16)17/h4-5,8H,2-3,7H2,1H3. The lowest BCUT2D eigenvalue weighted by Crippen LogP contribution is -2.32. The summed E-state index contributed by atoms with van der Waals surface area (Å²) >= 11 is 0. The predicted octanol–water partition coefficient (Wildman–Crippen LogP) is 1.66. The molecule has 1 aromatic rings. The van der Waals surface area contributed by atoms with Crippen molar-refractivity contribution in [3.8, 4) is 6.07 Å². The zero-order valence-electron chi connectivity index (χ0n) is 10.6. The monoisotopic (exact) mass is 301 g/mol. The van der Waals surface area contributed by atoms with Gasteiger partial charge in [-0.3, -0.25) is 10.1 Å². The third kappa shape index (κ3) is 3.28. The average molecular weight is 301 g/mol. The van der Waals surface area contributed by atoms with Crippen molar-refractivity contribution in [2.75, 3.05) is 13.1 Å². The smallest absolute Gasteiger partial charge is 0.258 e. The molecule has 1 aromatic carbocycles. The normalized spacial score (nSPS) is 11.3. The maximum Gasteiger partial charge on any atom is 0.292 e. The van der Waals surface area contributed by atoms with E-state index in [1.165, 1.54) is 0 Å². The van der Waals surface area contributed by atoms with E-state index in [2.05, 4.69) is 0 Å². The summed E-state index contributed by atoms with van der Waals surface area (Å²) in [6, 6.07) is 4.07. The summed E-state index contributed by atoms with van der Waals surface area (Å²) in [5.41, 5.74) is -0.819. The molecule has 0 saturated carbocycles. The van der Waals surface area contributed by atoms with Crippen LogP contribution < -0.4 is 0 Å². The molecule has 0 unspecified atom stereocenters. The van der Waals surface area contributed by atoms with Gasteiger partial charge >= 0.3 is 0 Å². The summed E-state index contributed by atoms with van der Waals surface area (Å²) < 4.78 is 38.6. The number of nitro groups is 1. The van der Waals surface area contributed by atoms with Crippen LogP contribution in [0.3, 0.4) is 0 Å². The summed E-state index contributed by atoms with van der Waals surface area (Å²) in [6.07, 6.45) is -0.0396. The topological polar surface area (TPSA) is 104 Å². The molecule has 0 N–H and O–H groups in total. The van der Waals surface area contributed by atoms with Crippen molar-refractivity contribution in [2.45, 2.75) is 18.2 Å². The van der Waals surface area contributed by atoms with E-state index < -0.39 is 31.3 Å². The Bertz CT molecular complexity index is 654. The van der Waals surface area contributed by atoms with Gasteiger partial charge in [-0.05, 0) is 12.1 Å². The van der Waals surface area contributed by atoms with Crippen LogP contribution in [0.2, 0.25) is 0 Å². The van der Waals surface area contributed by atoms with Crippen molar-refractivity contribution in [3.63, 3.8) is 0 Å². The van der Waals surface area contributed by atoms with Crippen LogP contribution in [-0.2, 0) is 10.0 Å². The third-order valence-electron chi connectivity index (χ3n) is 2.56. The SMILES string of the molecule is CCN(CCC#N)S(=O)(=O)c1ccc(F)cc1[N+](=O)[O-]. The molecule has 1 rings (SSSR count). The maximum atomic E-state index is 13.0. The van der Waals surface area contributed by atoms with E-state index in [-0.39, 0.29) is 19.5 Å². The molecule has 0 spiro atoms. The summed E-state index contributed by atoms with van der Waals surface area (Å²) in [5.74, 6) is -0.893. The highest BCUT2D eigenvalue weighted by molar-refractivity contribution is 7.89. The molecule has 108 valence electrons. The zero-order valence-corrected chi connectivity index (χ0v) is 11.4. The highest BCUT2D eigenvalue weighted by atomic mass is 32.2.